The summed E-state index contributed by atoms with van der Waals surface area (Å²) < 4.78 is 5.32. The largest absolute Gasteiger partial charge is 0.508 e. The van der Waals surface area contributed by atoms with Gasteiger partial charge in [0.25, 0.3) is 0 Å². The topological polar surface area (TPSA) is 49.8 Å². The fraction of sp³-hybridized carbons (Fsp3) is 0.533. The standard InChI is InChI=1S/C15H21NO3S/c1-15(2,3)19-14(18)16-8-11(9-16)10-20-13-6-4-12(17)5-7-13/h4-7,11,17H,8-10H2,1-3H3. The molecule has 1 aliphatic heterocycles. The lowest BCUT2D eigenvalue weighted by Gasteiger charge is -2.39. The molecule has 0 spiro atoms. The normalized spacial score (nSPS) is 15.8. The Morgan fingerprint density at radius 3 is 2.50 bits per heavy atom. The van der Waals surface area contributed by atoms with Gasteiger partial charge in [-0.2, -0.15) is 0 Å². The third-order valence-corrected chi connectivity index (χ3v) is 4.17. The highest BCUT2D eigenvalue weighted by molar-refractivity contribution is 7.99. The molecule has 1 saturated heterocycles. The van der Waals surface area contributed by atoms with E-state index in [4.69, 9.17) is 4.74 Å². The first-order valence-corrected chi connectivity index (χ1v) is 7.72. The minimum atomic E-state index is -0.428. The number of phenols is 1. The van der Waals surface area contributed by atoms with Crippen molar-refractivity contribution in [1.82, 2.24) is 4.90 Å². The summed E-state index contributed by atoms with van der Waals surface area (Å²) in [5.74, 6) is 1.78. The second kappa shape index (κ2) is 5.95. The minimum Gasteiger partial charge on any atom is -0.508 e. The molecule has 2 rings (SSSR count). The van der Waals surface area contributed by atoms with E-state index in [1.165, 1.54) is 0 Å². The summed E-state index contributed by atoms with van der Waals surface area (Å²) in [5.41, 5.74) is -0.428. The molecule has 0 aliphatic carbocycles. The van der Waals surface area contributed by atoms with Gasteiger partial charge >= 0.3 is 6.09 Å². The molecule has 0 aromatic heterocycles. The van der Waals surface area contributed by atoms with E-state index >= 15 is 0 Å². The summed E-state index contributed by atoms with van der Waals surface area (Å²) in [4.78, 5) is 14.6. The van der Waals surface area contributed by atoms with Gasteiger partial charge in [-0.1, -0.05) is 0 Å². The number of carbonyl (C=O) groups excluding carboxylic acids is 1. The number of nitrogens with zero attached hydrogens (tertiary/aromatic N) is 1. The summed E-state index contributed by atoms with van der Waals surface area (Å²) in [7, 11) is 0. The lowest BCUT2D eigenvalue weighted by atomic mass is 10.0. The molecule has 1 aromatic carbocycles. The number of likely N-dealkylation sites (tertiary alicyclic amines) is 1. The molecule has 0 atom stereocenters. The molecule has 0 saturated carbocycles. The molecule has 1 aliphatic rings. The van der Waals surface area contributed by atoms with Gasteiger partial charge in [0, 0.05) is 29.7 Å². The second-order valence-corrected chi connectivity index (χ2v) is 7.15. The van der Waals surface area contributed by atoms with E-state index in [0.717, 1.165) is 23.7 Å². The number of carbonyl (C=O) groups is 1. The smallest absolute Gasteiger partial charge is 0.410 e. The number of benzene rings is 1. The highest BCUT2D eigenvalue weighted by Crippen LogP contribution is 2.27. The average Bonchev–Trinajstić information content (AvgIpc) is 2.27. The summed E-state index contributed by atoms with van der Waals surface area (Å²) in [6.07, 6.45) is -0.219. The number of hydrogen-bond donors (Lipinski definition) is 1. The van der Waals surface area contributed by atoms with Crippen molar-refractivity contribution in [3.05, 3.63) is 24.3 Å². The zero-order valence-electron chi connectivity index (χ0n) is 12.1. The molecule has 1 aromatic rings. The molecule has 110 valence electrons. The van der Waals surface area contributed by atoms with Crippen LogP contribution in [-0.2, 0) is 4.74 Å². The highest BCUT2D eigenvalue weighted by Gasteiger charge is 2.33. The van der Waals surface area contributed by atoms with Crippen LogP contribution in [0.15, 0.2) is 29.2 Å². The van der Waals surface area contributed by atoms with Gasteiger partial charge in [-0.15, -0.1) is 11.8 Å². The Labute approximate surface area is 124 Å². The van der Waals surface area contributed by atoms with E-state index in [1.807, 2.05) is 32.9 Å². The Morgan fingerprint density at radius 1 is 1.35 bits per heavy atom. The van der Waals surface area contributed by atoms with Crippen LogP contribution in [0.3, 0.4) is 0 Å². The molecule has 1 amide bonds. The highest BCUT2D eigenvalue weighted by atomic mass is 32.2. The monoisotopic (exact) mass is 295 g/mol. The van der Waals surface area contributed by atoms with Crippen LogP contribution in [0.25, 0.3) is 0 Å². The molecule has 0 unspecified atom stereocenters. The SMILES string of the molecule is CC(C)(C)OC(=O)N1CC(CSc2ccc(O)cc2)C1. The van der Waals surface area contributed by atoms with Gasteiger partial charge in [0.15, 0.2) is 0 Å². The van der Waals surface area contributed by atoms with Gasteiger partial charge in [0.2, 0.25) is 0 Å². The number of amides is 1. The summed E-state index contributed by atoms with van der Waals surface area (Å²) >= 11 is 1.75. The molecule has 0 bridgehead atoms. The van der Waals surface area contributed by atoms with Crippen molar-refractivity contribution in [3.63, 3.8) is 0 Å². The van der Waals surface area contributed by atoms with Crippen molar-refractivity contribution in [2.75, 3.05) is 18.8 Å². The number of aromatic hydroxyl groups is 1. The van der Waals surface area contributed by atoms with Gasteiger partial charge in [0.05, 0.1) is 0 Å². The maximum absolute atomic E-state index is 11.8. The number of thioether (sulfide) groups is 1. The Kier molecular flexibility index (Phi) is 4.48. The van der Waals surface area contributed by atoms with E-state index in [2.05, 4.69) is 0 Å². The van der Waals surface area contributed by atoms with Gasteiger partial charge in [-0.05, 0) is 45.0 Å². The van der Waals surface area contributed by atoms with Gasteiger partial charge in [0.1, 0.15) is 11.4 Å². The molecule has 4 nitrogen and oxygen atoms in total. The molecule has 1 heterocycles. The molecule has 0 radical (unpaired) electrons. The number of rotatable bonds is 3. The van der Waals surface area contributed by atoms with Crippen LogP contribution in [0.4, 0.5) is 4.79 Å². The Bertz CT molecular complexity index is 461. The summed E-state index contributed by atoms with van der Waals surface area (Å²) in [6.45, 7) is 7.16. The lowest BCUT2D eigenvalue weighted by Crippen LogP contribution is -2.52. The second-order valence-electron chi connectivity index (χ2n) is 6.06. The Morgan fingerprint density at radius 2 is 1.95 bits per heavy atom. The van der Waals surface area contributed by atoms with Crippen molar-refractivity contribution in [3.8, 4) is 5.75 Å². The fourth-order valence-electron chi connectivity index (χ4n) is 1.91. The lowest BCUT2D eigenvalue weighted by molar-refractivity contribution is 0.00215. The van der Waals surface area contributed by atoms with E-state index < -0.39 is 5.60 Å². The van der Waals surface area contributed by atoms with Crippen LogP contribution >= 0.6 is 11.8 Å². The summed E-state index contributed by atoms with van der Waals surface area (Å²) in [6, 6.07) is 7.20. The first kappa shape index (κ1) is 15.0. The minimum absolute atomic E-state index is 0.219. The van der Waals surface area contributed by atoms with Crippen LogP contribution in [0.5, 0.6) is 5.75 Å². The van der Waals surface area contributed by atoms with E-state index in [9.17, 15) is 9.90 Å². The molecule has 1 N–H and O–H groups in total. The van der Waals surface area contributed by atoms with Crippen molar-refractivity contribution in [2.24, 2.45) is 5.92 Å². The van der Waals surface area contributed by atoms with Crippen LogP contribution in [-0.4, -0.2) is 40.5 Å². The maximum atomic E-state index is 11.8. The van der Waals surface area contributed by atoms with E-state index in [0.29, 0.717) is 5.92 Å². The van der Waals surface area contributed by atoms with Crippen LogP contribution in [0.2, 0.25) is 0 Å². The quantitative estimate of drug-likeness (QED) is 0.869. The maximum Gasteiger partial charge on any atom is 0.410 e. The average molecular weight is 295 g/mol. The van der Waals surface area contributed by atoms with Crippen molar-refractivity contribution < 1.29 is 14.6 Å². The Balaban J connectivity index is 1.69. The van der Waals surface area contributed by atoms with Gasteiger partial charge in [-0.3, -0.25) is 0 Å². The van der Waals surface area contributed by atoms with Crippen molar-refractivity contribution in [1.29, 1.82) is 0 Å². The van der Waals surface area contributed by atoms with E-state index in [-0.39, 0.29) is 11.8 Å². The zero-order valence-corrected chi connectivity index (χ0v) is 12.9. The predicted octanol–water partition coefficient (Wildman–Crippen LogP) is 3.35. The Hall–Kier alpha value is -1.36. The predicted molar refractivity (Wildman–Crippen MR) is 80.1 cm³/mol. The molecular weight excluding hydrogens is 274 g/mol. The van der Waals surface area contributed by atoms with Crippen LogP contribution in [0, 0.1) is 5.92 Å². The molecular formula is C15H21NO3S. The third kappa shape index (κ3) is 4.34. The van der Waals surface area contributed by atoms with Gasteiger partial charge in [-0.25, -0.2) is 4.79 Å². The zero-order chi connectivity index (χ0) is 14.8. The molecule has 20 heavy (non-hydrogen) atoms. The first-order valence-electron chi connectivity index (χ1n) is 6.73. The van der Waals surface area contributed by atoms with Crippen molar-refractivity contribution >= 4 is 17.9 Å². The van der Waals surface area contributed by atoms with Crippen molar-refractivity contribution in [2.45, 2.75) is 31.3 Å². The fourth-order valence-corrected chi connectivity index (χ4v) is 2.87. The molecule has 5 heteroatoms. The number of ether oxygens (including phenoxy) is 1. The first-order chi connectivity index (χ1) is 9.33. The number of phenolic OH excluding ortho intramolecular Hbond substituents is 1. The number of hydrogen-bond acceptors (Lipinski definition) is 4. The molecule has 1 fully saturated rings. The van der Waals surface area contributed by atoms with Crippen LogP contribution < -0.4 is 0 Å². The summed E-state index contributed by atoms with van der Waals surface area (Å²) in [5, 5.41) is 9.21. The van der Waals surface area contributed by atoms with Crippen LogP contribution in [0.1, 0.15) is 20.8 Å². The van der Waals surface area contributed by atoms with Gasteiger partial charge < -0.3 is 14.7 Å². The third-order valence-electron chi connectivity index (χ3n) is 2.93. The van der Waals surface area contributed by atoms with E-state index in [1.54, 1.807) is 28.8 Å².